The molecule has 1 amide bonds. The van der Waals surface area contributed by atoms with Gasteiger partial charge in [0.1, 0.15) is 17.5 Å². The van der Waals surface area contributed by atoms with Crippen molar-refractivity contribution >= 4 is 34.6 Å². The lowest BCUT2D eigenvalue weighted by molar-refractivity contribution is -0.114. The summed E-state index contributed by atoms with van der Waals surface area (Å²) in [5.41, 5.74) is 3.91. The summed E-state index contributed by atoms with van der Waals surface area (Å²) in [6.07, 6.45) is 0. The van der Waals surface area contributed by atoms with Gasteiger partial charge in [-0.15, -0.1) is 0 Å². The maximum atomic E-state index is 11.1. The Kier molecular flexibility index (Phi) is 5.89. The van der Waals surface area contributed by atoms with E-state index < -0.39 is 0 Å². The van der Waals surface area contributed by atoms with Crippen LogP contribution in [0.2, 0.25) is 0 Å². The summed E-state index contributed by atoms with van der Waals surface area (Å²) >= 11 is 0. The molecule has 6 nitrogen and oxygen atoms in total. The summed E-state index contributed by atoms with van der Waals surface area (Å²) in [6, 6.07) is 17.7. The zero-order valence-corrected chi connectivity index (χ0v) is 16.6. The molecule has 1 aromatic heterocycles. The summed E-state index contributed by atoms with van der Waals surface area (Å²) < 4.78 is 0. The second-order valence-corrected chi connectivity index (χ2v) is 6.97. The summed E-state index contributed by atoms with van der Waals surface area (Å²) in [4.78, 5) is 20.0. The summed E-state index contributed by atoms with van der Waals surface area (Å²) in [7, 11) is 0. The zero-order valence-electron chi connectivity index (χ0n) is 16.6. The fraction of sp³-hybridized carbons (Fsp3) is 0.227. The van der Waals surface area contributed by atoms with Gasteiger partial charge in [-0.25, -0.2) is 9.97 Å². The van der Waals surface area contributed by atoms with Gasteiger partial charge in [-0.3, -0.25) is 4.79 Å². The molecule has 0 radical (unpaired) electrons. The van der Waals surface area contributed by atoms with Crippen molar-refractivity contribution in [2.75, 3.05) is 16.0 Å². The monoisotopic (exact) mass is 375 g/mol. The number of carbonyl (C=O) groups is 1. The lowest BCUT2D eigenvalue weighted by Gasteiger charge is -2.12. The molecule has 0 unspecified atom stereocenters. The summed E-state index contributed by atoms with van der Waals surface area (Å²) in [5, 5.41) is 9.35. The van der Waals surface area contributed by atoms with E-state index >= 15 is 0 Å². The van der Waals surface area contributed by atoms with Crippen molar-refractivity contribution in [1.29, 1.82) is 0 Å². The number of hydrogen-bond donors (Lipinski definition) is 3. The molecule has 1 heterocycles. The molecule has 144 valence electrons. The number of amides is 1. The highest BCUT2D eigenvalue weighted by Gasteiger charge is 2.05. The second-order valence-electron chi connectivity index (χ2n) is 6.97. The Morgan fingerprint density at radius 2 is 1.29 bits per heavy atom. The van der Waals surface area contributed by atoms with Crippen LogP contribution < -0.4 is 16.0 Å². The first kappa shape index (κ1) is 19.4. The third-order valence-electron chi connectivity index (χ3n) is 4.17. The molecule has 0 fully saturated rings. The lowest BCUT2D eigenvalue weighted by atomic mass is 10.0. The molecule has 3 N–H and O–H groups in total. The zero-order chi connectivity index (χ0) is 20.1. The first-order valence-corrected chi connectivity index (χ1v) is 9.26. The van der Waals surface area contributed by atoms with E-state index in [0.29, 0.717) is 17.6 Å². The standard InChI is InChI=1S/C22H25N5O/c1-14(2)17-5-7-19(8-6-17)26-21-13-22(24-15(3)23-21)27-20-11-9-18(10-12-20)25-16(4)28/h5-14H,1-4H3,(H,25,28)(H2,23,24,26,27). The van der Waals surface area contributed by atoms with Crippen molar-refractivity contribution in [2.24, 2.45) is 0 Å². The highest BCUT2D eigenvalue weighted by Crippen LogP contribution is 2.23. The lowest BCUT2D eigenvalue weighted by Crippen LogP contribution is -2.05. The third-order valence-corrected chi connectivity index (χ3v) is 4.17. The summed E-state index contributed by atoms with van der Waals surface area (Å²) in [5.74, 6) is 2.50. The number of hydrogen-bond acceptors (Lipinski definition) is 5. The predicted molar refractivity (Wildman–Crippen MR) is 115 cm³/mol. The Morgan fingerprint density at radius 3 is 1.75 bits per heavy atom. The van der Waals surface area contributed by atoms with Crippen LogP contribution in [0.4, 0.5) is 28.7 Å². The molecule has 0 saturated heterocycles. The highest BCUT2D eigenvalue weighted by molar-refractivity contribution is 5.88. The van der Waals surface area contributed by atoms with Crippen molar-refractivity contribution in [3.63, 3.8) is 0 Å². The topological polar surface area (TPSA) is 78.9 Å². The number of anilines is 5. The molecule has 6 heteroatoms. The fourth-order valence-corrected chi connectivity index (χ4v) is 2.78. The molecule has 0 saturated carbocycles. The molecular formula is C22H25N5O. The van der Waals surface area contributed by atoms with Crippen molar-refractivity contribution < 1.29 is 4.79 Å². The molecule has 28 heavy (non-hydrogen) atoms. The average Bonchev–Trinajstić information content (AvgIpc) is 2.63. The SMILES string of the molecule is CC(=O)Nc1ccc(Nc2cc(Nc3ccc(C(C)C)cc3)nc(C)n2)cc1. The maximum absolute atomic E-state index is 11.1. The number of nitrogens with one attached hydrogen (secondary N) is 3. The van der Waals surface area contributed by atoms with Crippen molar-refractivity contribution in [2.45, 2.75) is 33.6 Å². The van der Waals surface area contributed by atoms with Gasteiger partial charge in [-0.2, -0.15) is 0 Å². The first-order valence-electron chi connectivity index (χ1n) is 9.26. The van der Waals surface area contributed by atoms with Crippen LogP contribution in [0.1, 0.15) is 38.1 Å². The van der Waals surface area contributed by atoms with Crippen LogP contribution in [0.3, 0.4) is 0 Å². The molecule has 0 aliphatic heterocycles. The van der Waals surface area contributed by atoms with Gasteiger partial charge in [-0.05, 0) is 54.8 Å². The molecular weight excluding hydrogens is 350 g/mol. The van der Waals surface area contributed by atoms with Gasteiger partial charge >= 0.3 is 0 Å². The van der Waals surface area contributed by atoms with Crippen molar-refractivity contribution in [3.05, 3.63) is 66.0 Å². The van der Waals surface area contributed by atoms with Gasteiger partial charge in [0.25, 0.3) is 0 Å². The van der Waals surface area contributed by atoms with Crippen LogP contribution >= 0.6 is 0 Å². The normalized spacial score (nSPS) is 10.6. The van der Waals surface area contributed by atoms with Crippen molar-refractivity contribution in [3.8, 4) is 0 Å². The minimum absolute atomic E-state index is 0.0933. The largest absolute Gasteiger partial charge is 0.340 e. The Hall–Kier alpha value is -3.41. The number of rotatable bonds is 6. The van der Waals surface area contributed by atoms with Crippen LogP contribution in [-0.2, 0) is 4.79 Å². The number of carbonyl (C=O) groups excluding carboxylic acids is 1. The van der Waals surface area contributed by atoms with E-state index in [1.54, 1.807) is 0 Å². The molecule has 0 bridgehead atoms. The van der Waals surface area contributed by atoms with Crippen LogP contribution in [0.15, 0.2) is 54.6 Å². The minimum atomic E-state index is -0.0933. The van der Waals surface area contributed by atoms with Gasteiger partial charge in [-0.1, -0.05) is 26.0 Å². The molecule has 0 aliphatic carbocycles. The number of benzene rings is 2. The Morgan fingerprint density at radius 1 is 0.821 bits per heavy atom. The number of aryl methyl sites for hydroxylation is 1. The van der Waals surface area contributed by atoms with Crippen LogP contribution in [0.25, 0.3) is 0 Å². The van der Waals surface area contributed by atoms with Gasteiger partial charge in [0, 0.05) is 30.1 Å². The Bertz CT molecular complexity index is 950. The smallest absolute Gasteiger partial charge is 0.221 e. The molecule has 0 atom stereocenters. The number of nitrogens with zero attached hydrogens (tertiary/aromatic N) is 2. The minimum Gasteiger partial charge on any atom is -0.340 e. The quantitative estimate of drug-likeness (QED) is 0.541. The number of aromatic nitrogens is 2. The van der Waals surface area contributed by atoms with E-state index in [2.05, 4.69) is 64.0 Å². The van der Waals surface area contributed by atoms with E-state index in [9.17, 15) is 4.79 Å². The molecule has 0 spiro atoms. The van der Waals surface area contributed by atoms with E-state index in [1.807, 2.05) is 37.3 Å². The predicted octanol–water partition coefficient (Wildman–Crippen LogP) is 5.35. The van der Waals surface area contributed by atoms with E-state index in [0.717, 1.165) is 22.9 Å². The Balaban J connectivity index is 1.73. The molecule has 0 aliphatic rings. The molecule has 3 aromatic rings. The van der Waals surface area contributed by atoms with E-state index in [1.165, 1.54) is 12.5 Å². The average molecular weight is 375 g/mol. The van der Waals surface area contributed by atoms with Crippen LogP contribution in [0, 0.1) is 6.92 Å². The Labute approximate surface area is 165 Å². The second kappa shape index (κ2) is 8.52. The summed E-state index contributed by atoms with van der Waals surface area (Å²) in [6.45, 7) is 7.70. The van der Waals surface area contributed by atoms with Crippen LogP contribution in [0.5, 0.6) is 0 Å². The van der Waals surface area contributed by atoms with E-state index in [4.69, 9.17) is 0 Å². The molecule has 3 rings (SSSR count). The van der Waals surface area contributed by atoms with Crippen molar-refractivity contribution in [1.82, 2.24) is 9.97 Å². The van der Waals surface area contributed by atoms with E-state index in [-0.39, 0.29) is 5.91 Å². The van der Waals surface area contributed by atoms with Gasteiger partial charge in [0.15, 0.2) is 0 Å². The van der Waals surface area contributed by atoms with Gasteiger partial charge in [0.2, 0.25) is 5.91 Å². The highest BCUT2D eigenvalue weighted by atomic mass is 16.1. The van der Waals surface area contributed by atoms with Crippen LogP contribution in [-0.4, -0.2) is 15.9 Å². The van der Waals surface area contributed by atoms with Gasteiger partial charge < -0.3 is 16.0 Å². The maximum Gasteiger partial charge on any atom is 0.221 e. The molecule has 2 aromatic carbocycles. The first-order chi connectivity index (χ1) is 13.4. The van der Waals surface area contributed by atoms with Gasteiger partial charge in [0.05, 0.1) is 0 Å². The fourth-order valence-electron chi connectivity index (χ4n) is 2.78. The third kappa shape index (κ3) is 5.30.